The molecule has 1 atom stereocenters. The summed E-state index contributed by atoms with van der Waals surface area (Å²) >= 11 is 18.2. The van der Waals surface area contributed by atoms with Crippen molar-refractivity contribution >= 4 is 46.7 Å². The number of halogens is 3. The fraction of sp³-hybridized carbons (Fsp3) is 0.391. The van der Waals surface area contributed by atoms with Gasteiger partial charge in [0.05, 0.1) is 32.3 Å². The van der Waals surface area contributed by atoms with E-state index in [4.69, 9.17) is 44.6 Å². The average molecular weight is 516 g/mol. The second kappa shape index (κ2) is 11.4. The third-order valence-corrected chi connectivity index (χ3v) is 6.77. The van der Waals surface area contributed by atoms with Crippen molar-refractivity contribution in [1.29, 1.82) is 0 Å². The fourth-order valence-corrected chi connectivity index (χ4v) is 4.22. The van der Waals surface area contributed by atoms with Crippen LogP contribution in [0.25, 0.3) is 0 Å². The molecule has 1 amide bonds. The number of carbonyl (C=O) groups is 2. The van der Waals surface area contributed by atoms with Crippen LogP contribution in [0.15, 0.2) is 30.3 Å². The minimum atomic E-state index is -1.15. The standard InChI is InChI=1S/C23H25Cl3N2O5/c1-13-20(5-4-19(25)21(13)26)33-16-6-8-28(9-7-16)12-15(29)11-27-22(30)17-10-14(23(31)32)2-3-18(17)24/h2-5,10,15-16,29H,6-9,11-12H2,1H3,(H,27,30)(H,31,32)/t15-/m1/s1. The molecule has 3 rings (SSSR count). The van der Waals surface area contributed by atoms with Crippen LogP contribution < -0.4 is 10.1 Å². The van der Waals surface area contributed by atoms with E-state index in [1.165, 1.54) is 18.2 Å². The number of hydrogen-bond donors (Lipinski definition) is 3. The minimum Gasteiger partial charge on any atom is -0.490 e. The third-order valence-electron chi connectivity index (χ3n) is 5.54. The molecule has 10 heteroatoms. The van der Waals surface area contributed by atoms with Crippen LogP contribution in [-0.2, 0) is 0 Å². The maximum Gasteiger partial charge on any atom is 0.335 e. The average Bonchev–Trinajstić information content (AvgIpc) is 2.79. The monoisotopic (exact) mass is 514 g/mol. The number of carbonyl (C=O) groups excluding carboxylic acids is 1. The van der Waals surface area contributed by atoms with E-state index in [2.05, 4.69) is 10.2 Å². The smallest absolute Gasteiger partial charge is 0.335 e. The molecule has 178 valence electrons. The molecule has 1 heterocycles. The highest BCUT2D eigenvalue weighted by molar-refractivity contribution is 6.42. The number of carboxylic acid groups (broad SMARTS) is 1. The van der Waals surface area contributed by atoms with Gasteiger partial charge in [0.25, 0.3) is 5.91 Å². The third kappa shape index (κ3) is 6.74. The second-order valence-corrected chi connectivity index (χ2v) is 9.16. The predicted molar refractivity (Wildman–Crippen MR) is 128 cm³/mol. The lowest BCUT2D eigenvalue weighted by atomic mass is 10.1. The van der Waals surface area contributed by atoms with Crippen molar-refractivity contribution in [3.63, 3.8) is 0 Å². The molecule has 3 N–H and O–H groups in total. The van der Waals surface area contributed by atoms with Crippen molar-refractivity contribution in [3.8, 4) is 5.75 Å². The lowest BCUT2D eigenvalue weighted by Gasteiger charge is -2.33. The summed E-state index contributed by atoms with van der Waals surface area (Å²) < 4.78 is 6.10. The van der Waals surface area contributed by atoms with Crippen molar-refractivity contribution in [3.05, 3.63) is 62.1 Å². The number of aliphatic hydroxyl groups is 1. The highest BCUT2D eigenvalue weighted by Gasteiger charge is 2.24. The summed E-state index contributed by atoms with van der Waals surface area (Å²) in [6.07, 6.45) is 0.829. The zero-order valence-electron chi connectivity index (χ0n) is 18.0. The number of aromatic carboxylic acids is 1. The molecular weight excluding hydrogens is 491 g/mol. The largest absolute Gasteiger partial charge is 0.490 e. The van der Waals surface area contributed by atoms with Gasteiger partial charge in [-0.3, -0.25) is 4.79 Å². The Labute approximate surface area is 207 Å². The molecule has 1 aliphatic rings. The quantitative estimate of drug-likeness (QED) is 0.485. The van der Waals surface area contributed by atoms with Crippen LogP contribution in [0.5, 0.6) is 5.75 Å². The van der Waals surface area contributed by atoms with Gasteiger partial charge >= 0.3 is 5.97 Å². The zero-order chi connectivity index (χ0) is 24.1. The van der Waals surface area contributed by atoms with E-state index in [0.29, 0.717) is 16.6 Å². The normalized spacial score (nSPS) is 15.8. The minimum absolute atomic E-state index is 0.0192. The number of β-amino-alcohol motifs (C(OH)–C–C–N with tert-alkyl or cyclic N) is 1. The van der Waals surface area contributed by atoms with Crippen molar-refractivity contribution < 1.29 is 24.5 Å². The van der Waals surface area contributed by atoms with Gasteiger partial charge in [-0.25, -0.2) is 4.79 Å². The van der Waals surface area contributed by atoms with E-state index >= 15 is 0 Å². The van der Waals surface area contributed by atoms with Gasteiger partial charge in [-0.1, -0.05) is 34.8 Å². The second-order valence-electron chi connectivity index (χ2n) is 7.97. The number of amides is 1. The first kappa shape index (κ1) is 25.6. The number of ether oxygens (including phenoxy) is 1. The molecule has 0 aromatic heterocycles. The van der Waals surface area contributed by atoms with Crippen LogP contribution in [0.4, 0.5) is 0 Å². The molecule has 7 nitrogen and oxygen atoms in total. The topological polar surface area (TPSA) is 99.1 Å². The molecule has 0 unspecified atom stereocenters. The summed E-state index contributed by atoms with van der Waals surface area (Å²) in [5, 5.41) is 23.2. The molecule has 0 spiro atoms. The van der Waals surface area contributed by atoms with Gasteiger partial charge < -0.3 is 25.2 Å². The van der Waals surface area contributed by atoms with Gasteiger partial charge in [0.1, 0.15) is 11.9 Å². The Kier molecular flexibility index (Phi) is 8.84. The van der Waals surface area contributed by atoms with Crippen LogP contribution in [0.1, 0.15) is 39.1 Å². The first-order valence-electron chi connectivity index (χ1n) is 10.5. The summed E-state index contributed by atoms with van der Waals surface area (Å²) in [6, 6.07) is 7.44. The number of piperidine rings is 1. The Bertz CT molecular complexity index is 1030. The van der Waals surface area contributed by atoms with E-state index in [1.54, 1.807) is 6.07 Å². The highest BCUT2D eigenvalue weighted by atomic mass is 35.5. The summed E-state index contributed by atoms with van der Waals surface area (Å²) in [4.78, 5) is 25.6. The van der Waals surface area contributed by atoms with E-state index in [1.807, 2.05) is 13.0 Å². The van der Waals surface area contributed by atoms with Crippen LogP contribution in [0.2, 0.25) is 15.1 Å². The molecule has 1 aliphatic heterocycles. The Morgan fingerprint density at radius 3 is 2.48 bits per heavy atom. The fourth-order valence-electron chi connectivity index (χ4n) is 3.65. The van der Waals surface area contributed by atoms with Crippen molar-refractivity contribution in [2.24, 2.45) is 0 Å². The first-order valence-corrected chi connectivity index (χ1v) is 11.6. The Balaban J connectivity index is 1.45. The molecule has 33 heavy (non-hydrogen) atoms. The predicted octanol–water partition coefficient (Wildman–Crippen LogP) is 4.29. The van der Waals surface area contributed by atoms with E-state index in [-0.39, 0.29) is 28.8 Å². The van der Waals surface area contributed by atoms with Gasteiger partial charge in [-0.15, -0.1) is 0 Å². The Morgan fingerprint density at radius 2 is 1.82 bits per heavy atom. The summed E-state index contributed by atoms with van der Waals surface area (Å²) in [5.41, 5.74) is 0.831. The van der Waals surface area contributed by atoms with Gasteiger partial charge in [-0.05, 0) is 50.1 Å². The maximum atomic E-state index is 12.4. The highest BCUT2D eigenvalue weighted by Crippen LogP contribution is 2.33. The van der Waals surface area contributed by atoms with Crippen molar-refractivity contribution in [2.45, 2.75) is 32.0 Å². The SMILES string of the molecule is Cc1c(OC2CCN(C[C@H](O)CNC(=O)c3cc(C(=O)O)ccc3Cl)CC2)ccc(Cl)c1Cl. The van der Waals surface area contributed by atoms with E-state index in [0.717, 1.165) is 37.2 Å². The van der Waals surface area contributed by atoms with Crippen molar-refractivity contribution in [2.75, 3.05) is 26.2 Å². The number of nitrogens with zero attached hydrogens (tertiary/aromatic N) is 1. The summed E-state index contributed by atoms with van der Waals surface area (Å²) in [5.74, 6) is -0.968. The Hall–Kier alpha value is -2.03. The zero-order valence-corrected chi connectivity index (χ0v) is 20.3. The number of carboxylic acids is 1. The molecule has 0 bridgehead atoms. The number of aliphatic hydroxyl groups excluding tert-OH is 1. The summed E-state index contributed by atoms with van der Waals surface area (Å²) in [7, 11) is 0. The van der Waals surface area contributed by atoms with Crippen LogP contribution in [-0.4, -0.2) is 65.4 Å². The molecule has 1 fully saturated rings. The van der Waals surface area contributed by atoms with E-state index < -0.39 is 18.0 Å². The summed E-state index contributed by atoms with van der Waals surface area (Å²) in [6.45, 7) is 3.76. The van der Waals surface area contributed by atoms with Crippen LogP contribution >= 0.6 is 34.8 Å². The van der Waals surface area contributed by atoms with Gasteiger partial charge in [0.15, 0.2) is 0 Å². The lowest BCUT2D eigenvalue weighted by molar-refractivity contribution is 0.0592. The number of rotatable bonds is 8. The number of likely N-dealkylation sites (tertiary alicyclic amines) is 1. The first-order chi connectivity index (χ1) is 15.7. The van der Waals surface area contributed by atoms with Crippen LogP contribution in [0, 0.1) is 6.92 Å². The van der Waals surface area contributed by atoms with Gasteiger partial charge in [0, 0.05) is 31.7 Å². The molecule has 2 aromatic rings. The molecule has 0 aliphatic carbocycles. The van der Waals surface area contributed by atoms with Gasteiger partial charge in [0.2, 0.25) is 0 Å². The van der Waals surface area contributed by atoms with E-state index in [9.17, 15) is 14.7 Å². The molecule has 2 aromatic carbocycles. The number of benzene rings is 2. The van der Waals surface area contributed by atoms with Crippen LogP contribution in [0.3, 0.4) is 0 Å². The maximum absolute atomic E-state index is 12.4. The molecule has 0 radical (unpaired) electrons. The molecule has 1 saturated heterocycles. The molecule has 0 saturated carbocycles. The Morgan fingerprint density at radius 1 is 1.15 bits per heavy atom. The molecular formula is C23H25Cl3N2O5. The number of nitrogens with one attached hydrogen (secondary N) is 1. The van der Waals surface area contributed by atoms with Crippen molar-refractivity contribution in [1.82, 2.24) is 10.2 Å². The number of hydrogen-bond acceptors (Lipinski definition) is 5. The lowest BCUT2D eigenvalue weighted by Crippen LogP contribution is -2.45. The van der Waals surface area contributed by atoms with Gasteiger partial charge in [-0.2, -0.15) is 0 Å².